The first-order valence-electron chi connectivity index (χ1n) is 9.60. The second-order valence-electron chi connectivity index (χ2n) is 7.39. The molecule has 1 aromatic carbocycles. The minimum absolute atomic E-state index is 0.0723. The molecule has 1 N–H and O–H groups in total. The summed E-state index contributed by atoms with van der Waals surface area (Å²) in [6, 6.07) is 7.40. The molecule has 2 heterocycles. The number of hydrogen-bond donors (Lipinski definition) is 1. The number of nitrogens with one attached hydrogen (secondary N) is 1. The Morgan fingerprint density at radius 2 is 1.97 bits per heavy atom. The molecule has 3 rings (SSSR count). The normalized spacial score (nSPS) is 16.9. The summed E-state index contributed by atoms with van der Waals surface area (Å²) in [4.78, 5) is 2.34. The summed E-state index contributed by atoms with van der Waals surface area (Å²) in [5.41, 5.74) is 0.841. The average Bonchev–Trinajstić information content (AvgIpc) is 3.07. The molecule has 0 amide bonds. The van der Waals surface area contributed by atoms with E-state index in [2.05, 4.69) is 56.1 Å². The van der Waals surface area contributed by atoms with Gasteiger partial charge >= 0.3 is 6.18 Å². The van der Waals surface area contributed by atoms with Crippen LogP contribution >= 0.6 is 22.6 Å². The lowest BCUT2D eigenvalue weighted by Gasteiger charge is -2.37. The fraction of sp³-hybridized carbons (Fsp3) is 0.550. The third kappa shape index (κ3) is 5.17. The van der Waals surface area contributed by atoms with E-state index in [1.807, 2.05) is 7.05 Å². The van der Waals surface area contributed by atoms with Crippen molar-refractivity contribution < 1.29 is 17.9 Å². The highest BCUT2D eigenvalue weighted by Gasteiger charge is 2.35. The quantitative estimate of drug-likeness (QED) is 0.574. The van der Waals surface area contributed by atoms with E-state index in [9.17, 15) is 13.2 Å². The minimum atomic E-state index is -4.41. The summed E-state index contributed by atoms with van der Waals surface area (Å²) in [5, 5.41) is 7.07. The molecule has 1 aliphatic heterocycles. The van der Waals surface area contributed by atoms with Gasteiger partial charge in [0.1, 0.15) is 5.75 Å². The van der Waals surface area contributed by atoms with Crippen LogP contribution in [0, 0.1) is 16.4 Å². The number of halogens is 4. The van der Waals surface area contributed by atoms with E-state index in [-0.39, 0.29) is 6.04 Å². The molecule has 1 aliphatic rings. The lowest BCUT2D eigenvalue weighted by atomic mass is 9.89. The Hall–Kier alpha value is -1.49. The van der Waals surface area contributed by atoms with Gasteiger partial charge in [-0.05, 0) is 73.5 Å². The lowest BCUT2D eigenvalue weighted by molar-refractivity contribution is -0.141. The maximum absolute atomic E-state index is 12.9. The molecule has 29 heavy (non-hydrogen) atoms. The summed E-state index contributed by atoms with van der Waals surface area (Å²) in [6.45, 7) is 3.90. The number of aromatic nitrogens is 2. The van der Waals surface area contributed by atoms with Gasteiger partial charge in [-0.15, -0.1) is 0 Å². The summed E-state index contributed by atoms with van der Waals surface area (Å²) in [7, 11) is 3.54. The summed E-state index contributed by atoms with van der Waals surface area (Å²) in [6.07, 6.45) is -2.48. The van der Waals surface area contributed by atoms with Crippen LogP contribution in [0.3, 0.4) is 0 Å². The summed E-state index contributed by atoms with van der Waals surface area (Å²) in [5.74, 6) is 1.24. The van der Waals surface area contributed by atoms with Gasteiger partial charge in [0.25, 0.3) is 0 Å². The second kappa shape index (κ2) is 9.11. The van der Waals surface area contributed by atoms with Crippen molar-refractivity contribution in [1.82, 2.24) is 15.1 Å². The van der Waals surface area contributed by atoms with E-state index in [1.165, 1.54) is 4.68 Å². The van der Waals surface area contributed by atoms with Crippen molar-refractivity contribution in [3.63, 3.8) is 0 Å². The molecular formula is C20H26F3IN4O. The topological polar surface area (TPSA) is 42.3 Å². The average molecular weight is 522 g/mol. The first-order chi connectivity index (χ1) is 13.7. The zero-order valence-corrected chi connectivity index (χ0v) is 18.9. The molecule has 1 fully saturated rings. The summed E-state index contributed by atoms with van der Waals surface area (Å²) >= 11 is 2.25. The number of methoxy groups -OCH3 is 1. The highest BCUT2D eigenvalue weighted by atomic mass is 127. The lowest BCUT2D eigenvalue weighted by Crippen LogP contribution is -2.44. The third-order valence-corrected chi connectivity index (χ3v) is 6.51. The maximum atomic E-state index is 12.9. The number of nitrogens with zero attached hydrogens (tertiary/aromatic N) is 3. The van der Waals surface area contributed by atoms with Crippen molar-refractivity contribution in [2.24, 2.45) is 5.92 Å². The number of benzene rings is 1. The van der Waals surface area contributed by atoms with Gasteiger partial charge in [0.2, 0.25) is 0 Å². The van der Waals surface area contributed by atoms with Crippen LogP contribution in [0.4, 0.5) is 18.9 Å². The number of anilines is 1. The number of ether oxygens (including phenoxy) is 1. The van der Waals surface area contributed by atoms with E-state index >= 15 is 0 Å². The molecule has 0 aliphatic carbocycles. The van der Waals surface area contributed by atoms with Gasteiger partial charge in [0.05, 0.1) is 17.2 Å². The van der Waals surface area contributed by atoms with Crippen molar-refractivity contribution in [3.05, 3.63) is 39.2 Å². The zero-order valence-electron chi connectivity index (χ0n) is 16.8. The van der Waals surface area contributed by atoms with Crippen molar-refractivity contribution in [2.75, 3.05) is 32.1 Å². The first kappa shape index (κ1) is 22.2. The van der Waals surface area contributed by atoms with Crippen molar-refractivity contribution >= 4 is 28.3 Å². The predicted octanol–water partition coefficient (Wildman–Crippen LogP) is 4.33. The van der Waals surface area contributed by atoms with Crippen LogP contribution in [0.1, 0.15) is 24.2 Å². The SMILES string of the molecule is CNC(Cn1nc(C(F)(F)F)cc1C)C1CCN(c2ccc(I)c(OC)c2)CC1. The predicted molar refractivity (Wildman–Crippen MR) is 115 cm³/mol. The van der Waals surface area contributed by atoms with E-state index in [4.69, 9.17) is 4.74 Å². The Kier molecular flexibility index (Phi) is 6.98. The number of piperidine rings is 1. The fourth-order valence-corrected chi connectivity index (χ4v) is 4.46. The first-order valence-corrected chi connectivity index (χ1v) is 10.7. The van der Waals surface area contributed by atoms with Crippen LogP contribution in [0.25, 0.3) is 0 Å². The molecule has 0 spiro atoms. The van der Waals surface area contributed by atoms with Gasteiger partial charge in [-0.25, -0.2) is 0 Å². The number of aryl methyl sites for hydroxylation is 1. The fourth-order valence-electron chi connectivity index (χ4n) is 3.90. The largest absolute Gasteiger partial charge is 0.496 e. The van der Waals surface area contributed by atoms with Gasteiger partial charge in [0, 0.05) is 36.6 Å². The number of alkyl halides is 3. The van der Waals surface area contributed by atoms with Gasteiger partial charge < -0.3 is 15.0 Å². The molecule has 1 aromatic heterocycles. The molecule has 1 unspecified atom stereocenters. The highest BCUT2D eigenvalue weighted by molar-refractivity contribution is 14.1. The van der Waals surface area contributed by atoms with Gasteiger partial charge in [-0.1, -0.05) is 0 Å². The van der Waals surface area contributed by atoms with Crippen molar-refractivity contribution in [3.8, 4) is 5.75 Å². The second-order valence-corrected chi connectivity index (χ2v) is 8.55. The van der Waals surface area contributed by atoms with Gasteiger partial charge in [0.15, 0.2) is 5.69 Å². The smallest absolute Gasteiger partial charge is 0.435 e. The number of rotatable bonds is 6. The van der Waals surface area contributed by atoms with Crippen molar-refractivity contribution in [2.45, 2.75) is 38.5 Å². The van der Waals surface area contributed by atoms with Crippen molar-refractivity contribution in [1.29, 1.82) is 0 Å². The molecule has 0 radical (unpaired) electrons. The van der Waals surface area contributed by atoms with E-state index < -0.39 is 11.9 Å². The molecule has 1 saturated heterocycles. The van der Waals surface area contributed by atoms with Crippen LogP contribution < -0.4 is 15.0 Å². The van der Waals surface area contributed by atoms with E-state index in [0.29, 0.717) is 18.2 Å². The standard InChI is InChI=1S/C20H26F3IN4O/c1-13-10-19(20(21,22)23)26-28(13)12-17(25-2)14-6-8-27(9-7-14)15-4-5-16(24)18(11-15)29-3/h4-5,10-11,14,17,25H,6-9,12H2,1-3H3. The van der Waals surface area contributed by atoms with Gasteiger partial charge in [-0.3, -0.25) is 4.68 Å². The molecule has 2 aromatic rings. The highest BCUT2D eigenvalue weighted by Crippen LogP contribution is 2.31. The Morgan fingerprint density at radius 1 is 1.28 bits per heavy atom. The summed E-state index contributed by atoms with van der Waals surface area (Å²) < 4.78 is 46.8. The molecular weight excluding hydrogens is 496 g/mol. The molecule has 1 atom stereocenters. The molecule has 0 saturated carbocycles. The molecule has 160 valence electrons. The minimum Gasteiger partial charge on any atom is -0.496 e. The van der Waals surface area contributed by atoms with Crippen LogP contribution in [0.2, 0.25) is 0 Å². The van der Waals surface area contributed by atoms with Gasteiger partial charge in [-0.2, -0.15) is 18.3 Å². The zero-order chi connectivity index (χ0) is 21.2. The Morgan fingerprint density at radius 3 is 2.52 bits per heavy atom. The maximum Gasteiger partial charge on any atom is 0.435 e. The van der Waals surface area contributed by atoms with E-state index in [1.54, 1.807) is 14.0 Å². The number of likely N-dealkylation sites (N-methyl/N-ethyl adjacent to an activating group) is 1. The van der Waals surface area contributed by atoms with Crippen LogP contribution in [-0.4, -0.2) is 43.1 Å². The Bertz CT molecular complexity index is 832. The van der Waals surface area contributed by atoms with Crippen LogP contribution in [-0.2, 0) is 12.7 Å². The van der Waals surface area contributed by atoms with Crippen LogP contribution in [0.5, 0.6) is 5.75 Å². The third-order valence-electron chi connectivity index (χ3n) is 5.62. The number of hydrogen-bond acceptors (Lipinski definition) is 4. The monoisotopic (exact) mass is 522 g/mol. The Labute approximate surface area is 182 Å². The van der Waals surface area contributed by atoms with Crippen LogP contribution in [0.15, 0.2) is 24.3 Å². The Balaban J connectivity index is 1.64. The van der Waals surface area contributed by atoms with E-state index in [0.717, 1.165) is 47.0 Å². The molecule has 0 bridgehead atoms. The molecule has 5 nitrogen and oxygen atoms in total. The molecule has 9 heteroatoms.